The van der Waals surface area contributed by atoms with Crippen LogP contribution in [0.25, 0.3) is 0 Å². The summed E-state index contributed by atoms with van der Waals surface area (Å²) in [5.74, 6) is -0.991. The Morgan fingerprint density at radius 1 is 1.33 bits per heavy atom. The molecule has 2 rings (SSSR count). The molecule has 1 unspecified atom stereocenters. The molecule has 0 aromatic heterocycles. The van der Waals surface area contributed by atoms with Crippen LogP contribution in [0.15, 0.2) is 33.0 Å². The number of carboxylic acids is 1. The van der Waals surface area contributed by atoms with Gasteiger partial charge >= 0.3 is 65.1 Å². The van der Waals surface area contributed by atoms with Gasteiger partial charge in [-0.05, 0) is 6.92 Å². The maximum absolute atomic E-state index is 10.7. The third kappa shape index (κ3) is 6.82. The number of fused-ring (bicyclic) bond motifs is 1. The molecule has 9 nitrogen and oxygen atoms in total. The molecule has 2 aliphatic rings. The van der Waals surface area contributed by atoms with Crippen molar-refractivity contribution < 1.29 is 32.7 Å². The van der Waals surface area contributed by atoms with Crippen molar-refractivity contribution >= 4 is 87.4 Å². The standard InChI is InChI=1S/C7H7N3O4S.C2H4O2.2Na.2H/c1-5-2-8-7-9-6(15(12,13)14)4-10(7,11)3-5;1-2(3)4;;;;/h2-4,11H,1H3;1H3,(H,3,4);;;;. The third-order valence-electron chi connectivity index (χ3n) is 1.88. The van der Waals surface area contributed by atoms with E-state index in [0.29, 0.717) is 5.57 Å². The number of rotatable bonds is 1. The number of quaternary nitrogens is 1. The summed E-state index contributed by atoms with van der Waals surface area (Å²) >= 11 is 0. The number of aliphatic imine (C=N–C) groups is 2. The Balaban J connectivity index is 0. The number of guanidine groups is 1. The molecule has 2 heterocycles. The van der Waals surface area contributed by atoms with E-state index in [0.717, 1.165) is 13.1 Å². The molecule has 0 bridgehead atoms. The second kappa shape index (κ2) is 8.67. The van der Waals surface area contributed by atoms with E-state index in [4.69, 9.17) is 9.90 Å². The van der Waals surface area contributed by atoms with E-state index in [1.807, 2.05) is 0 Å². The van der Waals surface area contributed by atoms with E-state index < -0.39 is 25.8 Å². The number of carbonyl (C=O) groups is 1. The third-order valence-corrected chi connectivity index (χ3v) is 2.59. The van der Waals surface area contributed by atoms with Gasteiger partial charge in [0.15, 0.2) is 6.20 Å². The Morgan fingerprint density at radius 3 is 2.24 bits per heavy atom. The SMILES string of the molecule is CC(=O)O.CC1=C[N+]2(O)C=C(S(=O)(=O)[O-])N=C2N=C1.[NaH].[NaH]. The van der Waals surface area contributed by atoms with Crippen LogP contribution in [0, 0.1) is 0 Å². The summed E-state index contributed by atoms with van der Waals surface area (Å²) in [6, 6.07) is 0. The van der Waals surface area contributed by atoms with Crippen molar-refractivity contribution in [1.29, 1.82) is 0 Å². The number of hydrogen-bond acceptors (Lipinski definition) is 7. The molecular formula is C9H13N3Na2O6S. The van der Waals surface area contributed by atoms with Crippen LogP contribution in [0.1, 0.15) is 13.8 Å². The van der Waals surface area contributed by atoms with E-state index in [2.05, 4.69) is 9.98 Å². The van der Waals surface area contributed by atoms with Gasteiger partial charge in [-0.25, -0.2) is 8.42 Å². The summed E-state index contributed by atoms with van der Waals surface area (Å²) in [4.78, 5) is 16.2. The van der Waals surface area contributed by atoms with Gasteiger partial charge in [-0.3, -0.25) is 4.79 Å². The molecule has 0 aliphatic carbocycles. The fourth-order valence-corrected chi connectivity index (χ4v) is 1.76. The van der Waals surface area contributed by atoms with Crippen LogP contribution in [0.3, 0.4) is 0 Å². The number of hydroxylamine groups is 3. The van der Waals surface area contributed by atoms with Crippen LogP contribution in [-0.2, 0) is 14.9 Å². The van der Waals surface area contributed by atoms with Gasteiger partial charge in [-0.2, -0.15) is 15.2 Å². The van der Waals surface area contributed by atoms with Crippen LogP contribution >= 0.6 is 0 Å². The Bertz CT molecular complexity index is 636. The fourth-order valence-electron chi connectivity index (χ4n) is 1.27. The topological polar surface area (TPSA) is 139 Å². The summed E-state index contributed by atoms with van der Waals surface area (Å²) in [6.45, 7) is 2.76. The molecule has 0 amide bonds. The molecule has 12 heteroatoms. The van der Waals surface area contributed by atoms with Crippen LogP contribution < -0.4 is 0 Å². The summed E-state index contributed by atoms with van der Waals surface area (Å²) in [7, 11) is -4.67. The van der Waals surface area contributed by atoms with Crippen LogP contribution in [0.4, 0.5) is 0 Å². The molecule has 2 aliphatic heterocycles. The van der Waals surface area contributed by atoms with E-state index in [-0.39, 0.29) is 65.1 Å². The average molecular weight is 337 g/mol. The van der Waals surface area contributed by atoms with Gasteiger partial charge in [0.2, 0.25) is 5.03 Å². The summed E-state index contributed by atoms with van der Waals surface area (Å²) in [5, 5.41) is 16.5. The van der Waals surface area contributed by atoms with Crippen molar-refractivity contribution in [2.45, 2.75) is 13.8 Å². The zero-order chi connectivity index (χ0) is 14.8. The van der Waals surface area contributed by atoms with E-state index in [1.54, 1.807) is 6.92 Å². The Hall–Kier alpha value is 0.120. The Labute approximate surface area is 165 Å². The summed E-state index contributed by atoms with van der Waals surface area (Å²) < 4.78 is 31.1. The number of allylic oxidation sites excluding steroid dienone is 1. The number of carboxylic acid groups (broad SMARTS) is 1. The van der Waals surface area contributed by atoms with Gasteiger partial charge in [0.1, 0.15) is 16.3 Å². The normalized spacial score (nSPS) is 22.2. The molecule has 0 spiro atoms. The van der Waals surface area contributed by atoms with Gasteiger partial charge in [-0.1, -0.05) is 4.65 Å². The van der Waals surface area contributed by atoms with Gasteiger partial charge in [0.25, 0.3) is 5.97 Å². The van der Waals surface area contributed by atoms with Crippen LogP contribution in [0.5, 0.6) is 0 Å². The summed E-state index contributed by atoms with van der Waals surface area (Å²) in [5.41, 5.74) is 0.636. The van der Waals surface area contributed by atoms with Crippen molar-refractivity contribution in [2.75, 3.05) is 0 Å². The minimum absolute atomic E-state index is 0. The van der Waals surface area contributed by atoms with Crippen molar-refractivity contribution in [1.82, 2.24) is 0 Å². The van der Waals surface area contributed by atoms with Gasteiger partial charge in [0, 0.05) is 18.7 Å². The molecule has 0 radical (unpaired) electrons. The minimum atomic E-state index is -4.67. The number of aliphatic carboxylic acids is 1. The van der Waals surface area contributed by atoms with Crippen molar-refractivity contribution in [3.05, 3.63) is 23.0 Å². The predicted molar refractivity (Wildman–Crippen MR) is 77.1 cm³/mol. The summed E-state index contributed by atoms with van der Waals surface area (Å²) in [6.07, 6.45) is 3.57. The molecule has 21 heavy (non-hydrogen) atoms. The average Bonchev–Trinajstić information content (AvgIpc) is 2.52. The monoisotopic (exact) mass is 337 g/mol. The first-order valence-electron chi connectivity index (χ1n) is 4.87. The number of nitrogens with zero attached hydrogens (tertiary/aromatic N) is 3. The van der Waals surface area contributed by atoms with Crippen molar-refractivity contribution in [3.8, 4) is 0 Å². The second-order valence-electron chi connectivity index (χ2n) is 3.72. The van der Waals surface area contributed by atoms with Gasteiger partial charge in [-0.15, -0.1) is 0 Å². The van der Waals surface area contributed by atoms with Crippen molar-refractivity contribution in [3.63, 3.8) is 0 Å². The predicted octanol–water partition coefficient (Wildman–Crippen LogP) is -1.31. The molecule has 0 saturated heterocycles. The van der Waals surface area contributed by atoms with Gasteiger partial charge < -0.3 is 9.66 Å². The molecular weight excluding hydrogens is 324 g/mol. The zero-order valence-corrected chi connectivity index (χ0v) is 10.8. The fraction of sp³-hybridized carbons (Fsp3) is 0.222. The van der Waals surface area contributed by atoms with Crippen molar-refractivity contribution in [2.24, 2.45) is 9.98 Å². The molecule has 0 fully saturated rings. The first-order valence-corrected chi connectivity index (χ1v) is 6.28. The maximum atomic E-state index is 10.7. The van der Waals surface area contributed by atoms with E-state index in [9.17, 15) is 18.2 Å². The molecule has 0 aromatic rings. The second-order valence-corrected chi connectivity index (χ2v) is 5.05. The first kappa shape index (κ1) is 23.4. The van der Waals surface area contributed by atoms with Gasteiger partial charge in [0.05, 0.1) is 0 Å². The first-order chi connectivity index (χ1) is 8.54. The quantitative estimate of drug-likeness (QED) is 0.346. The van der Waals surface area contributed by atoms with E-state index in [1.165, 1.54) is 12.4 Å². The molecule has 0 saturated carbocycles. The Kier molecular flexibility index (Phi) is 9.66. The van der Waals surface area contributed by atoms with Crippen LogP contribution in [0.2, 0.25) is 0 Å². The van der Waals surface area contributed by atoms with Crippen LogP contribution in [-0.4, -0.2) is 105 Å². The zero-order valence-electron chi connectivity index (χ0n) is 10.0. The Morgan fingerprint density at radius 2 is 1.81 bits per heavy atom. The molecule has 1 atom stereocenters. The molecule has 108 valence electrons. The van der Waals surface area contributed by atoms with E-state index >= 15 is 0 Å². The molecule has 0 aromatic carbocycles. The molecule has 2 N–H and O–H groups in total. The number of hydrogen-bond donors (Lipinski definition) is 2.